The first-order valence-electron chi connectivity index (χ1n) is 5.85. The molecule has 1 rings (SSSR count). The predicted molar refractivity (Wildman–Crippen MR) is 90.3 cm³/mol. The number of rotatable bonds is 4. The number of hydrogen-bond donors (Lipinski definition) is 2. The van der Waals surface area contributed by atoms with Crippen LogP contribution in [0.1, 0.15) is 18.1 Å². The molecule has 0 fully saturated rings. The average molecular weight is 239 g/mol. The number of hydrazone groups is 1. The van der Waals surface area contributed by atoms with Crippen molar-refractivity contribution in [2.24, 2.45) is 10.8 Å². The van der Waals surface area contributed by atoms with Gasteiger partial charge in [-0.3, -0.25) is 5.43 Å². The van der Waals surface area contributed by atoms with E-state index in [1.165, 1.54) is 7.17 Å². The molecule has 0 atom stereocenters. The minimum absolute atomic E-state index is 0.390. The number of nitrogens with one attached hydrogen (secondary N) is 1. The molecule has 3 nitrogen and oxygen atoms in total. The lowest BCUT2D eigenvalue weighted by Gasteiger charge is -2.24. The smallest absolute Gasteiger partial charge is 0.116 e. The molecule has 0 bridgehead atoms. The maximum atomic E-state index is 6.06. The molecule has 3 N–H and O–H groups in total. The lowest BCUT2D eigenvalue weighted by Crippen LogP contribution is -2.47. The molecule has 1 aromatic carbocycles. The fourth-order valence-electron chi connectivity index (χ4n) is 1.99. The van der Waals surface area contributed by atoms with Gasteiger partial charge in [0, 0.05) is 23.2 Å². The van der Waals surface area contributed by atoms with Crippen LogP contribution < -0.4 is 27.5 Å². The molecule has 0 saturated heterocycles. The Bertz CT molecular complexity index is 511. The zero-order valence-corrected chi connectivity index (χ0v) is 11.5. The lowest BCUT2D eigenvalue weighted by molar-refractivity contribution is 1.29. The third-order valence-electron chi connectivity index (χ3n) is 2.99. The van der Waals surface area contributed by atoms with Crippen LogP contribution in [0, 0.1) is 13.8 Å². The van der Waals surface area contributed by atoms with Crippen molar-refractivity contribution in [2.45, 2.75) is 20.8 Å². The predicted octanol–water partition coefficient (Wildman–Crippen LogP) is -2.75. The highest BCUT2D eigenvalue weighted by atomic mass is 15.3. The zero-order valence-electron chi connectivity index (χ0n) is 11.5. The van der Waals surface area contributed by atoms with Crippen molar-refractivity contribution in [1.29, 1.82) is 0 Å². The molecular formula is C10H12B6N3. The Balaban J connectivity index is 3.55. The molecule has 9 radical (unpaired) electrons. The van der Waals surface area contributed by atoms with Crippen LogP contribution in [0.25, 0.3) is 0 Å². The van der Waals surface area contributed by atoms with E-state index in [1.54, 1.807) is 6.92 Å². The summed E-state index contributed by atoms with van der Waals surface area (Å²) in [5.74, 6) is 0.390. The molecular weight excluding hydrogens is 227 g/mol. The van der Waals surface area contributed by atoms with E-state index in [0.29, 0.717) is 22.4 Å². The molecule has 0 aliphatic heterocycles. The van der Waals surface area contributed by atoms with Gasteiger partial charge in [0.05, 0.1) is 19.4 Å². The van der Waals surface area contributed by atoms with Gasteiger partial charge in [-0.1, -0.05) is 16.5 Å². The highest BCUT2D eigenvalue weighted by Gasteiger charge is 2.18. The quantitative estimate of drug-likeness (QED) is 0.259. The molecule has 0 amide bonds. The topological polar surface area (TPSA) is 50.4 Å². The molecule has 0 unspecified atom stereocenters. The van der Waals surface area contributed by atoms with E-state index in [4.69, 9.17) is 36.8 Å². The van der Waals surface area contributed by atoms with Crippen molar-refractivity contribution in [3.05, 3.63) is 11.1 Å². The van der Waals surface area contributed by atoms with E-state index < -0.39 is 6.49 Å². The summed E-state index contributed by atoms with van der Waals surface area (Å²) in [5.41, 5.74) is 12.7. The number of anilines is 1. The van der Waals surface area contributed by atoms with Gasteiger partial charge in [0.15, 0.2) is 0 Å². The maximum absolute atomic E-state index is 6.06. The molecule has 0 aliphatic carbocycles. The van der Waals surface area contributed by atoms with Crippen molar-refractivity contribution in [3.63, 3.8) is 0 Å². The number of benzene rings is 1. The van der Waals surface area contributed by atoms with E-state index in [0.717, 1.165) is 16.6 Å². The van der Waals surface area contributed by atoms with Gasteiger partial charge >= 0.3 is 0 Å². The summed E-state index contributed by atoms with van der Waals surface area (Å²) in [7, 11) is 24.8. The molecule has 19 heavy (non-hydrogen) atoms. The Morgan fingerprint density at radius 1 is 1.32 bits per heavy atom. The van der Waals surface area contributed by atoms with Crippen LogP contribution in [-0.2, 0) is 0 Å². The summed E-state index contributed by atoms with van der Waals surface area (Å²) in [4.78, 5) is 0. The van der Waals surface area contributed by atoms with Crippen molar-refractivity contribution in [2.75, 3.05) is 5.43 Å². The second-order valence-corrected chi connectivity index (χ2v) is 4.42. The first-order chi connectivity index (χ1) is 8.81. The van der Waals surface area contributed by atoms with Crippen LogP contribution >= 0.6 is 0 Å². The highest BCUT2D eigenvalue weighted by molar-refractivity contribution is 7.35. The van der Waals surface area contributed by atoms with Crippen molar-refractivity contribution < 1.29 is 0 Å². The SMILES string of the molecule is [B][B]c1c([B])c(C)c(NN=C(C)N)c(B([B])[B])c1C. The van der Waals surface area contributed by atoms with E-state index >= 15 is 0 Å². The molecule has 0 heterocycles. The van der Waals surface area contributed by atoms with Gasteiger partial charge in [-0.05, 0) is 26.3 Å². The Kier molecular flexibility index (Phi) is 5.33. The first kappa shape index (κ1) is 15.9. The largest absolute Gasteiger partial charge is 0.386 e. The Labute approximate surface area is 121 Å². The second-order valence-electron chi connectivity index (χ2n) is 4.42. The molecule has 9 heteroatoms. The van der Waals surface area contributed by atoms with Crippen LogP contribution in [0.15, 0.2) is 5.10 Å². The molecule has 1 aromatic rings. The number of nitrogens with two attached hydrogens (primary N) is 1. The summed E-state index contributed by atoms with van der Waals surface area (Å²) in [6, 6.07) is 0. The summed E-state index contributed by atoms with van der Waals surface area (Å²) >= 11 is 0. The fourth-order valence-corrected chi connectivity index (χ4v) is 1.99. The fraction of sp³-hybridized carbons (Fsp3) is 0.300. The third-order valence-corrected chi connectivity index (χ3v) is 2.99. The van der Waals surface area contributed by atoms with Gasteiger partial charge in [0.25, 0.3) is 0 Å². The van der Waals surface area contributed by atoms with Crippen LogP contribution in [0.4, 0.5) is 5.69 Å². The van der Waals surface area contributed by atoms with Crippen LogP contribution in [-0.4, -0.2) is 50.6 Å². The van der Waals surface area contributed by atoms with Gasteiger partial charge < -0.3 is 5.73 Å². The van der Waals surface area contributed by atoms with Crippen LogP contribution in [0.5, 0.6) is 0 Å². The van der Waals surface area contributed by atoms with Crippen molar-refractivity contribution in [3.8, 4) is 0 Å². The molecule has 0 spiro atoms. The highest BCUT2D eigenvalue weighted by Crippen LogP contribution is 2.11. The van der Waals surface area contributed by atoms with Gasteiger partial charge in [0.2, 0.25) is 0 Å². The number of nitrogens with zero attached hydrogens (tertiary/aromatic N) is 1. The summed E-state index contributed by atoms with van der Waals surface area (Å²) in [6.45, 7) is 4.70. The first-order valence-corrected chi connectivity index (χ1v) is 5.85. The minimum Gasteiger partial charge on any atom is -0.386 e. The van der Waals surface area contributed by atoms with Crippen LogP contribution in [0.2, 0.25) is 0 Å². The number of hydrogen-bond acceptors (Lipinski definition) is 2. The normalized spacial score (nSPS) is 11.2. The summed E-state index contributed by atoms with van der Waals surface area (Å²) < 4.78 is 0. The van der Waals surface area contributed by atoms with Crippen LogP contribution in [0.3, 0.4) is 0 Å². The standard InChI is InChI=1S/C10H12B6N3/c1-4-7(11)8(15-12)5(2)9(16(13)14)10(4)19-18-6(3)17/h19H,1-3H3,(H2,17,18). The molecule has 0 aromatic heterocycles. The second kappa shape index (κ2) is 6.36. The van der Waals surface area contributed by atoms with E-state index in [-0.39, 0.29) is 0 Å². The Morgan fingerprint density at radius 2 is 1.89 bits per heavy atom. The summed E-state index contributed by atoms with van der Waals surface area (Å²) in [6.07, 6.45) is 0. The van der Waals surface area contributed by atoms with E-state index in [9.17, 15) is 0 Å². The Hall–Kier alpha value is -1.12. The van der Waals surface area contributed by atoms with E-state index in [2.05, 4.69) is 10.5 Å². The zero-order chi connectivity index (χ0) is 14.7. The minimum atomic E-state index is -0.672. The maximum Gasteiger partial charge on any atom is 0.116 e. The molecule has 0 saturated carbocycles. The van der Waals surface area contributed by atoms with Gasteiger partial charge in [0.1, 0.15) is 13.7 Å². The summed E-state index contributed by atoms with van der Waals surface area (Å²) in [5, 5.41) is 3.97. The third kappa shape index (κ3) is 3.26. The van der Waals surface area contributed by atoms with Crippen molar-refractivity contribution >= 4 is 72.6 Å². The van der Waals surface area contributed by atoms with Gasteiger partial charge in [-0.2, -0.15) is 5.10 Å². The lowest BCUT2D eigenvalue weighted by atomic mass is 9.16. The van der Waals surface area contributed by atoms with Gasteiger partial charge in [-0.15, -0.1) is 5.46 Å². The number of amidine groups is 1. The monoisotopic (exact) mass is 240 g/mol. The average Bonchev–Trinajstić information content (AvgIpc) is 2.31. The molecule has 0 aliphatic rings. The van der Waals surface area contributed by atoms with Crippen molar-refractivity contribution in [1.82, 2.24) is 0 Å². The van der Waals surface area contributed by atoms with Gasteiger partial charge in [-0.25, -0.2) is 0 Å². The Morgan fingerprint density at radius 3 is 2.32 bits per heavy atom. The van der Waals surface area contributed by atoms with E-state index in [1.807, 2.05) is 13.8 Å². The molecule has 85 valence electrons.